The second kappa shape index (κ2) is 5.67. The molecule has 0 radical (unpaired) electrons. The molecular formula is C16H18N2O. The average molecular weight is 254 g/mol. The first kappa shape index (κ1) is 14.9. The fraction of sp³-hybridized carbons (Fsp3) is 0.438. The molecule has 0 saturated carbocycles. The highest BCUT2D eigenvalue weighted by Gasteiger charge is 2.48. The second-order valence-corrected chi connectivity index (χ2v) is 5.03. The van der Waals surface area contributed by atoms with Crippen molar-refractivity contribution in [2.45, 2.75) is 32.6 Å². The number of hydrogen-bond donors (Lipinski definition) is 0. The molecule has 0 fully saturated rings. The van der Waals surface area contributed by atoms with Gasteiger partial charge in [-0.2, -0.15) is 10.5 Å². The summed E-state index contributed by atoms with van der Waals surface area (Å²) in [7, 11) is 0. The summed E-state index contributed by atoms with van der Waals surface area (Å²) in [5.74, 6) is 0.0730. The second-order valence-electron chi connectivity index (χ2n) is 5.03. The molecule has 1 unspecified atom stereocenters. The molecule has 0 heterocycles. The van der Waals surface area contributed by atoms with Crippen molar-refractivity contribution in [1.29, 1.82) is 10.5 Å². The van der Waals surface area contributed by atoms with E-state index in [2.05, 4.69) is 25.3 Å². The van der Waals surface area contributed by atoms with E-state index in [0.29, 0.717) is 24.8 Å². The van der Waals surface area contributed by atoms with E-state index in [1.54, 1.807) is 19.1 Å². The zero-order valence-electron chi connectivity index (χ0n) is 11.3. The van der Waals surface area contributed by atoms with Gasteiger partial charge in [-0.25, -0.2) is 0 Å². The minimum absolute atomic E-state index is 0.0730. The minimum Gasteiger partial charge on any atom is -0.299 e. The third kappa shape index (κ3) is 2.37. The number of ketones is 1. The normalized spacial score (nSPS) is 22.9. The molecule has 1 atom stereocenters. The van der Waals surface area contributed by atoms with Crippen LogP contribution in [0.5, 0.6) is 0 Å². The van der Waals surface area contributed by atoms with Gasteiger partial charge >= 0.3 is 0 Å². The van der Waals surface area contributed by atoms with E-state index < -0.39 is 10.8 Å². The summed E-state index contributed by atoms with van der Waals surface area (Å²) in [6, 6.07) is 4.17. The molecule has 0 aliphatic heterocycles. The molecule has 0 aromatic carbocycles. The monoisotopic (exact) mass is 254 g/mol. The van der Waals surface area contributed by atoms with Crippen LogP contribution in [0.3, 0.4) is 0 Å². The fourth-order valence-corrected chi connectivity index (χ4v) is 2.72. The maximum atomic E-state index is 12.3. The van der Waals surface area contributed by atoms with E-state index in [1.807, 2.05) is 6.08 Å². The van der Waals surface area contributed by atoms with Crippen molar-refractivity contribution in [3.05, 3.63) is 37.0 Å². The van der Waals surface area contributed by atoms with Crippen LogP contribution in [0.25, 0.3) is 0 Å². The van der Waals surface area contributed by atoms with Crippen LogP contribution in [0.4, 0.5) is 0 Å². The number of nitriles is 2. The summed E-state index contributed by atoms with van der Waals surface area (Å²) in [6.07, 6.45) is 6.82. The van der Waals surface area contributed by atoms with Gasteiger partial charge < -0.3 is 0 Å². The number of allylic oxidation sites excluding steroid dienone is 4. The van der Waals surface area contributed by atoms with Crippen LogP contribution in [0.1, 0.15) is 32.6 Å². The Morgan fingerprint density at radius 2 is 2.05 bits per heavy atom. The first-order valence-electron chi connectivity index (χ1n) is 6.29. The van der Waals surface area contributed by atoms with Crippen molar-refractivity contribution in [2.75, 3.05) is 0 Å². The van der Waals surface area contributed by atoms with Gasteiger partial charge in [-0.05, 0) is 25.3 Å². The van der Waals surface area contributed by atoms with E-state index in [9.17, 15) is 15.3 Å². The van der Waals surface area contributed by atoms with Crippen LogP contribution < -0.4 is 0 Å². The Morgan fingerprint density at radius 3 is 2.53 bits per heavy atom. The zero-order valence-corrected chi connectivity index (χ0v) is 11.3. The molecule has 0 aromatic rings. The molecule has 1 aliphatic carbocycles. The summed E-state index contributed by atoms with van der Waals surface area (Å²) in [5.41, 5.74) is -1.48. The van der Waals surface area contributed by atoms with Gasteiger partial charge in [-0.15, -0.1) is 13.2 Å². The lowest BCUT2D eigenvalue weighted by Crippen LogP contribution is -2.39. The van der Waals surface area contributed by atoms with Crippen LogP contribution in [0.2, 0.25) is 0 Å². The summed E-state index contributed by atoms with van der Waals surface area (Å²) < 4.78 is 0. The van der Waals surface area contributed by atoms with Crippen LogP contribution in [-0.2, 0) is 4.79 Å². The first-order chi connectivity index (χ1) is 9.00. The molecule has 1 aliphatic rings. The van der Waals surface area contributed by atoms with Gasteiger partial charge in [0.25, 0.3) is 0 Å². The Kier molecular flexibility index (Phi) is 4.46. The van der Waals surface area contributed by atoms with Crippen LogP contribution >= 0.6 is 0 Å². The Hall–Kier alpha value is -2.13. The Balaban J connectivity index is 3.43. The lowest BCUT2D eigenvalue weighted by atomic mass is 9.61. The van der Waals surface area contributed by atoms with E-state index >= 15 is 0 Å². The minimum atomic E-state index is -1.30. The predicted octanol–water partition coefficient (Wildman–Crippen LogP) is 3.47. The highest BCUT2D eigenvalue weighted by atomic mass is 16.1. The van der Waals surface area contributed by atoms with E-state index in [4.69, 9.17) is 0 Å². The molecule has 0 bridgehead atoms. The van der Waals surface area contributed by atoms with Gasteiger partial charge in [0, 0.05) is 12.8 Å². The maximum Gasteiger partial charge on any atom is 0.169 e. The van der Waals surface area contributed by atoms with Crippen molar-refractivity contribution in [2.24, 2.45) is 10.8 Å². The van der Waals surface area contributed by atoms with Crippen molar-refractivity contribution in [1.82, 2.24) is 0 Å². The number of nitrogens with zero attached hydrogens (tertiary/aromatic N) is 2. The quantitative estimate of drug-likeness (QED) is 0.705. The van der Waals surface area contributed by atoms with Gasteiger partial charge in [-0.1, -0.05) is 18.2 Å². The molecule has 19 heavy (non-hydrogen) atoms. The predicted molar refractivity (Wildman–Crippen MR) is 73.7 cm³/mol. The number of Topliss-reactive ketones (excluding diaryl/α,β-unsaturated/α-hetero) is 1. The Morgan fingerprint density at radius 1 is 1.42 bits per heavy atom. The van der Waals surface area contributed by atoms with Crippen molar-refractivity contribution in [3.63, 3.8) is 0 Å². The summed E-state index contributed by atoms with van der Waals surface area (Å²) in [4.78, 5) is 12.3. The third-order valence-corrected chi connectivity index (χ3v) is 3.77. The molecule has 0 aromatic heterocycles. The standard InChI is InChI=1S/C16H18N2O/c1-4-9-15(3)13(7-6-8-14(15)19)16(11-17,12-18)10-5-2/h4-5,7H,1-2,6,8-10H2,3H3. The first-order valence-corrected chi connectivity index (χ1v) is 6.29. The third-order valence-electron chi connectivity index (χ3n) is 3.77. The average Bonchev–Trinajstić information content (AvgIpc) is 2.40. The molecule has 98 valence electrons. The summed E-state index contributed by atoms with van der Waals surface area (Å²) in [6.45, 7) is 9.10. The van der Waals surface area contributed by atoms with Gasteiger partial charge in [0.15, 0.2) is 5.41 Å². The van der Waals surface area contributed by atoms with Crippen molar-refractivity contribution < 1.29 is 4.79 Å². The van der Waals surface area contributed by atoms with Crippen LogP contribution in [0.15, 0.2) is 37.0 Å². The highest BCUT2D eigenvalue weighted by Crippen LogP contribution is 2.48. The van der Waals surface area contributed by atoms with E-state index in [-0.39, 0.29) is 12.2 Å². The largest absolute Gasteiger partial charge is 0.299 e. The molecule has 1 rings (SSSR count). The molecule has 0 N–H and O–H groups in total. The topological polar surface area (TPSA) is 64.7 Å². The highest BCUT2D eigenvalue weighted by molar-refractivity contribution is 5.89. The lowest BCUT2D eigenvalue weighted by molar-refractivity contribution is -0.126. The van der Waals surface area contributed by atoms with Gasteiger partial charge in [0.1, 0.15) is 5.78 Å². The fourth-order valence-electron chi connectivity index (χ4n) is 2.72. The zero-order chi connectivity index (χ0) is 14.5. The van der Waals surface area contributed by atoms with Crippen molar-refractivity contribution in [3.8, 4) is 12.1 Å². The van der Waals surface area contributed by atoms with E-state index in [0.717, 1.165) is 0 Å². The SMILES string of the molecule is C=CCC(C#N)(C#N)C1=CCCC(=O)C1(C)CC=C. The van der Waals surface area contributed by atoms with E-state index in [1.165, 1.54) is 0 Å². The molecular weight excluding hydrogens is 236 g/mol. The molecule has 0 saturated heterocycles. The van der Waals surface area contributed by atoms with Crippen molar-refractivity contribution >= 4 is 5.78 Å². The molecule has 0 spiro atoms. The summed E-state index contributed by atoms with van der Waals surface area (Å²) >= 11 is 0. The Bertz CT molecular complexity index is 502. The number of rotatable bonds is 5. The maximum absolute atomic E-state index is 12.3. The van der Waals surface area contributed by atoms with Crippen LogP contribution in [-0.4, -0.2) is 5.78 Å². The van der Waals surface area contributed by atoms with Crippen LogP contribution in [0, 0.1) is 33.5 Å². The van der Waals surface area contributed by atoms with Gasteiger partial charge in [0.2, 0.25) is 0 Å². The number of carbonyl (C=O) groups is 1. The lowest BCUT2D eigenvalue weighted by Gasteiger charge is -2.38. The Labute approximate surface area is 114 Å². The number of carbonyl (C=O) groups excluding carboxylic acids is 1. The molecule has 0 amide bonds. The molecule has 3 nitrogen and oxygen atoms in total. The van der Waals surface area contributed by atoms with Gasteiger partial charge in [0.05, 0.1) is 17.6 Å². The number of hydrogen-bond acceptors (Lipinski definition) is 3. The van der Waals surface area contributed by atoms with Gasteiger partial charge in [-0.3, -0.25) is 4.79 Å². The molecule has 3 heteroatoms. The summed E-state index contributed by atoms with van der Waals surface area (Å²) in [5, 5.41) is 18.9. The smallest absolute Gasteiger partial charge is 0.169 e.